The van der Waals surface area contributed by atoms with Crippen LogP contribution < -0.4 is 0 Å². The van der Waals surface area contributed by atoms with Crippen molar-refractivity contribution in [1.29, 1.82) is 0 Å². The summed E-state index contributed by atoms with van der Waals surface area (Å²) in [5.74, 6) is 0.503. The van der Waals surface area contributed by atoms with Gasteiger partial charge >= 0.3 is 0 Å². The number of fused-ring (bicyclic) bond motifs is 1. The molecule has 0 radical (unpaired) electrons. The quantitative estimate of drug-likeness (QED) is 0.530. The average Bonchev–Trinajstić information content (AvgIpc) is 2.19. The second-order valence-corrected chi connectivity index (χ2v) is 3.88. The molecule has 14 heavy (non-hydrogen) atoms. The summed E-state index contributed by atoms with van der Waals surface area (Å²) in [5.41, 5.74) is 2.96. The summed E-state index contributed by atoms with van der Waals surface area (Å²) >= 11 is 11.7. The molecule has 0 spiro atoms. The van der Waals surface area contributed by atoms with Gasteiger partial charge in [-0.3, -0.25) is 0 Å². The lowest BCUT2D eigenvalue weighted by atomic mass is 10.1. The van der Waals surface area contributed by atoms with Crippen molar-refractivity contribution >= 4 is 34.1 Å². The van der Waals surface area contributed by atoms with Crippen LogP contribution >= 0.6 is 23.2 Å². The molecule has 0 unspecified atom stereocenters. The third kappa shape index (κ3) is 1.70. The van der Waals surface area contributed by atoms with Gasteiger partial charge < -0.3 is 0 Å². The first-order valence-electron chi connectivity index (χ1n) is 4.32. The number of nitrogens with zero attached hydrogens (tertiary/aromatic N) is 1. The second kappa shape index (κ2) is 3.76. The van der Waals surface area contributed by atoms with Gasteiger partial charge in [0.15, 0.2) is 0 Å². The summed E-state index contributed by atoms with van der Waals surface area (Å²) in [6.07, 6.45) is 0. The highest BCUT2D eigenvalue weighted by molar-refractivity contribution is 6.30. The van der Waals surface area contributed by atoms with Crippen molar-refractivity contribution in [2.75, 3.05) is 0 Å². The molecule has 0 aliphatic carbocycles. The largest absolute Gasteiger partial charge is 0.236 e. The van der Waals surface area contributed by atoms with Gasteiger partial charge in [0.1, 0.15) is 5.15 Å². The summed E-state index contributed by atoms with van der Waals surface area (Å²) in [6.45, 7) is 1.95. The number of benzene rings is 1. The maximum Gasteiger partial charge on any atom is 0.132 e. The van der Waals surface area contributed by atoms with Crippen molar-refractivity contribution in [3.8, 4) is 0 Å². The molecule has 0 bridgehead atoms. The third-order valence-corrected chi connectivity index (χ3v) is 2.86. The molecule has 0 amide bonds. The van der Waals surface area contributed by atoms with E-state index in [1.54, 1.807) is 0 Å². The molecule has 1 aromatic heterocycles. The van der Waals surface area contributed by atoms with Crippen molar-refractivity contribution in [2.45, 2.75) is 12.8 Å². The van der Waals surface area contributed by atoms with Crippen LogP contribution in [0.5, 0.6) is 0 Å². The maximum atomic E-state index is 5.94. The minimum Gasteiger partial charge on any atom is -0.236 e. The smallest absolute Gasteiger partial charge is 0.132 e. The number of pyridine rings is 1. The number of halogens is 2. The van der Waals surface area contributed by atoms with Crippen molar-refractivity contribution in [3.05, 3.63) is 40.5 Å². The summed E-state index contributed by atoms with van der Waals surface area (Å²) in [5, 5.41) is 1.66. The lowest BCUT2D eigenvalue weighted by Crippen LogP contribution is -1.86. The molecule has 2 rings (SSSR count). The Balaban J connectivity index is 2.70. The zero-order valence-corrected chi connectivity index (χ0v) is 9.23. The lowest BCUT2D eigenvalue weighted by Gasteiger charge is -2.02. The molecule has 0 N–H and O–H groups in total. The van der Waals surface area contributed by atoms with E-state index in [-0.39, 0.29) is 0 Å². The van der Waals surface area contributed by atoms with Gasteiger partial charge in [0.2, 0.25) is 0 Å². The molecule has 0 saturated heterocycles. The fourth-order valence-corrected chi connectivity index (χ4v) is 1.69. The Bertz CT molecular complexity index is 480. The number of rotatable bonds is 1. The topological polar surface area (TPSA) is 12.9 Å². The fraction of sp³-hybridized carbons (Fsp3) is 0.182. The number of aromatic nitrogens is 1. The van der Waals surface area contributed by atoms with E-state index in [0.29, 0.717) is 11.0 Å². The third-order valence-electron chi connectivity index (χ3n) is 2.17. The van der Waals surface area contributed by atoms with E-state index in [0.717, 1.165) is 22.0 Å². The average molecular weight is 226 g/mol. The van der Waals surface area contributed by atoms with Crippen molar-refractivity contribution in [3.63, 3.8) is 0 Å². The molecule has 72 valence electrons. The van der Waals surface area contributed by atoms with Crippen molar-refractivity contribution in [1.82, 2.24) is 4.98 Å². The molecule has 1 heterocycles. The molecule has 0 aliphatic rings. The van der Waals surface area contributed by atoms with Gasteiger partial charge in [-0.1, -0.05) is 23.7 Å². The van der Waals surface area contributed by atoms with Gasteiger partial charge in [0, 0.05) is 11.3 Å². The molecule has 0 aliphatic heterocycles. The van der Waals surface area contributed by atoms with E-state index in [1.807, 2.05) is 31.2 Å². The van der Waals surface area contributed by atoms with Crippen LogP contribution in [0.4, 0.5) is 0 Å². The van der Waals surface area contributed by atoms with E-state index in [2.05, 4.69) is 4.98 Å². The van der Waals surface area contributed by atoms with Gasteiger partial charge in [0.05, 0.1) is 5.52 Å². The minimum atomic E-state index is 0.503. The Morgan fingerprint density at radius 3 is 2.79 bits per heavy atom. The molecule has 1 aromatic carbocycles. The normalized spacial score (nSPS) is 10.8. The minimum absolute atomic E-state index is 0.503. The number of hydrogen-bond acceptors (Lipinski definition) is 1. The first-order chi connectivity index (χ1) is 6.70. The number of hydrogen-bond donors (Lipinski definition) is 0. The molecule has 0 fully saturated rings. The summed E-state index contributed by atoms with van der Waals surface area (Å²) in [4.78, 5) is 4.29. The van der Waals surface area contributed by atoms with E-state index >= 15 is 0 Å². The Hall–Kier alpha value is -0.790. The van der Waals surface area contributed by atoms with Crippen LogP contribution in [0.25, 0.3) is 10.9 Å². The Labute approximate surface area is 92.7 Å². The molecule has 2 aromatic rings. The van der Waals surface area contributed by atoms with Crippen molar-refractivity contribution < 1.29 is 0 Å². The van der Waals surface area contributed by atoms with Gasteiger partial charge in [0.25, 0.3) is 0 Å². The highest BCUT2D eigenvalue weighted by Gasteiger charge is 2.01. The zero-order chi connectivity index (χ0) is 10.1. The van der Waals surface area contributed by atoms with Crippen molar-refractivity contribution in [2.24, 2.45) is 0 Å². The number of aryl methyl sites for hydroxylation is 1. The molecule has 1 nitrogen and oxygen atoms in total. The van der Waals surface area contributed by atoms with E-state index in [4.69, 9.17) is 23.2 Å². The monoisotopic (exact) mass is 225 g/mol. The van der Waals surface area contributed by atoms with Gasteiger partial charge in [-0.25, -0.2) is 4.98 Å². The lowest BCUT2D eigenvalue weighted by molar-refractivity contribution is 1.31. The highest BCUT2D eigenvalue weighted by Crippen LogP contribution is 2.21. The SMILES string of the molecule is Cc1cc2ccc(CCl)cc2nc1Cl. The molecule has 0 saturated carbocycles. The van der Waals surface area contributed by atoms with Gasteiger partial charge in [-0.2, -0.15) is 0 Å². The summed E-state index contributed by atoms with van der Waals surface area (Å²) in [6, 6.07) is 8.02. The van der Waals surface area contributed by atoms with Crippen LogP contribution in [-0.4, -0.2) is 4.98 Å². The standard InChI is InChI=1S/C11H9Cl2N/c1-7-4-9-3-2-8(6-12)5-10(9)14-11(7)13/h2-5H,6H2,1H3. The summed E-state index contributed by atoms with van der Waals surface area (Å²) in [7, 11) is 0. The van der Waals surface area contributed by atoms with E-state index in [1.165, 1.54) is 0 Å². The fourth-order valence-electron chi connectivity index (χ4n) is 1.38. The Morgan fingerprint density at radius 2 is 2.07 bits per heavy atom. The molecular weight excluding hydrogens is 217 g/mol. The predicted molar refractivity (Wildman–Crippen MR) is 61.0 cm³/mol. The Kier molecular flexibility index (Phi) is 2.62. The number of alkyl halides is 1. The van der Waals surface area contributed by atoms with Gasteiger partial charge in [-0.05, 0) is 30.2 Å². The second-order valence-electron chi connectivity index (χ2n) is 3.26. The predicted octanol–water partition coefficient (Wildman–Crippen LogP) is 3.94. The first kappa shape index (κ1) is 9.75. The van der Waals surface area contributed by atoms with Crippen LogP contribution in [0.3, 0.4) is 0 Å². The zero-order valence-electron chi connectivity index (χ0n) is 7.72. The van der Waals surface area contributed by atoms with Crippen LogP contribution in [0.1, 0.15) is 11.1 Å². The van der Waals surface area contributed by atoms with Gasteiger partial charge in [-0.15, -0.1) is 11.6 Å². The summed E-state index contributed by atoms with van der Waals surface area (Å²) < 4.78 is 0. The highest BCUT2D eigenvalue weighted by atomic mass is 35.5. The molecular formula is C11H9Cl2N. The van der Waals surface area contributed by atoms with Crippen LogP contribution in [-0.2, 0) is 5.88 Å². The first-order valence-corrected chi connectivity index (χ1v) is 5.23. The van der Waals surface area contributed by atoms with Crippen LogP contribution in [0, 0.1) is 6.92 Å². The molecule has 0 atom stereocenters. The van der Waals surface area contributed by atoms with E-state index in [9.17, 15) is 0 Å². The Morgan fingerprint density at radius 1 is 1.29 bits per heavy atom. The maximum absolute atomic E-state index is 5.94. The molecule has 3 heteroatoms. The van der Waals surface area contributed by atoms with Crippen LogP contribution in [0.15, 0.2) is 24.3 Å². The van der Waals surface area contributed by atoms with Crippen LogP contribution in [0.2, 0.25) is 5.15 Å². The van der Waals surface area contributed by atoms with E-state index < -0.39 is 0 Å².